The van der Waals surface area contributed by atoms with Crippen LogP contribution in [-0.2, 0) is 4.74 Å². The van der Waals surface area contributed by atoms with Crippen LogP contribution < -0.4 is 10.6 Å². The quantitative estimate of drug-likeness (QED) is 0.219. The van der Waals surface area contributed by atoms with Crippen molar-refractivity contribution in [3.63, 3.8) is 0 Å². The maximum Gasteiger partial charge on any atom is 0.257 e. The first-order chi connectivity index (χ1) is 9.72. The lowest BCUT2D eigenvalue weighted by Gasteiger charge is -2.16. The van der Waals surface area contributed by atoms with E-state index in [1.807, 2.05) is 6.92 Å². The van der Waals surface area contributed by atoms with Crippen LogP contribution in [-0.4, -0.2) is 44.7 Å². The minimum Gasteiger partial charge on any atom is -0.376 e. The maximum atomic E-state index is 12.1. The van der Waals surface area contributed by atoms with Crippen molar-refractivity contribution in [2.45, 2.75) is 58.0 Å². The fourth-order valence-electron chi connectivity index (χ4n) is 2.31. The van der Waals surface area contributed by atoms with Crippen molar-refractivity contribution in [3.05, 3.63) is 0 Å². The van der Waals surface area contributed by atoms with E-state index in [0.717, 1.165) is 12.8 Å². The van der Waals surface area contributed by atoms with E-state index in [9.17, 15) is 8.78 Å². The molecular weight excluding hydrogens is 391 g/mol. The molecule has 7 heteroatoms. The molecule has 0 radical (unpaired) electrons. The van der Waals surface area contributed by atoms with E-state index in [2.05, 4.69) is 15.6 Å². The summed E-state index contributed by atoms with van der Waals surface area (Å²) in [5.41, 5.74) is 0. The SMILES string of the molecule is CCNC(=NCC(F)F)NCCOC1CCCCCC1.I. The van der Waals surface area contributed by atoms with Crippen molar-refractivity contribution in [2.24, 2.45) is 4.99 Å². The van der Waals surface area contributed by atoms with Crippen LogP contribution in [0.3, 0.4) is 0 Å². The van der Waals surface area contributed by atoms with Gasteiger partial charge in [0, 0.05) is 13.1 Å². The zero-order valence-corrected chi connectivity index (χ0v) is 15.1. The highest BCUT2D eigenvalue weighted by Crippen LogP contribution is 2.19. The van der Waals surface area contributed by atoms with Crippen LogP contribution in [0.25, 0.3) is 0 Å². The lowest BCUT2D eigenvalue weighted by molar-refractivity contribution is 0.0468. The Hall–Kier alpha value is -0.180. The van der Waals surface area contributed by atoms with Gasteiger partial charge in [-0.1, -0.05) is 25.7 Å². The predicted molar refractivity (Wildman–Crippen MR) is 92.8 cm³/mol. The fourth-order valence-corrected chi connectivity index (χ4v) is 2.31. The molecule has 126 valence electrons. The standard InChI is InChI=1S/C14H27F2N3O.HI/c1-2-17-14(19-11-13(15)16)18-9-10-20-12-7-5-3-4-6-8-12;/h12-13H,2-11H2,1H3,(H2,17,18,19);1H. The highest BCUT2D eigenvalue weighted by Gasteiger charge is 2.12. The Morgan fingerprint density at radius 1 is 1.19 bits per heavy atom. The molecule has 0 aliphatic heterocycles. The number of guanidine groups is 1. The molecule has 1 aliphatic carbocycles. The molecule has 0 unspecified atom stereocenters. The highest BCUT2D eigenvalue weighted by atomic mass is 127. The Labute approximate surface area is 143 Å². The Morgan fingerprint density at radius 3 is 2.43 bits per heavy atom. The summed E-state index contributed by atoms with van der Waals surface area (Å²) in [5.74, 6) is 0.428. The second-order valence-corrected chi connectivity index (χ2v) is 5.02. The Bertz CT molecular complexity index is 273. The first kappa shape index (κ1) is 20.8. The number of ether oxygens (including phenoxy) is 1. The lowest BCUT2D eigenvalue weighted by Crippen LogP contribution is -2.39. The third-order valence-electron chi connectivity index (χ3n) is 3.28. The zero-order chi connectivity index (χ0) is 14.6. The van der Waals surface area contributed by atoms with Crippen LogP contribution in [0, 0.1) is 0 Å². The molecule has 0 saturated heterocycles. The summed E-state index contributed by atoms with van der Waals surface area (Å²) in [4.78, 5) is 3.80. The average molecular weight is 419 g/mol. The van der Waals surface area contributed by atoms with Gasteiger partial charge in [0.15, 0.2) is 5.96 Å². The number of hydrogen-bond donors (Lipinski definition) is 2. The van der Waals surface area contributed by atoms with Crippen molar-refractivity contribution in [2.75, 3.05) is 26.2 Å². The van der Waals surface area contributed by atoms with E-state index >= 15 is 0 Å². The second-order valence-electron chi connectivity index (χ2n) is 5.02. The van der Waals surface area contributed by atoms with Crippen molar-refractivity contribution < 1.29 is 13.5 Å². The van der Waals surface area contributed by atoms with Gasteiger partial charge >= 0.3 is 0 Å². The molecule has 0 aromatic carbocycles. The monoisotopic (exact) mass is 419 g/mol. The van der Waals surface area contributed by atoms with Crippen LogP contribution in [0.4, 0.5) is 8.78 Å². The summed E-state index contributed by atoms with van der Waals surface area (Å²) in [5, 5.41) is 5.95. The van der Waals surface area contributed by atoms with Crippen LogP contribution in [0.15, 0.2) is 4.99 Å². The smallest absolute Gasteiger partial charge is 0.257 e. The van der Waals surface area contributed by atoms with Crippen LogP contribution in [0.5, 0.6) is 0 Å². The molecule has 2 N–H and O–H groups in total. The topological polar surface area (TPSA) is 45.7 Å². The van der Waals surface area contributed by atoms with Gasteiger partial charge in [-0.3, -0.25) is 0 Å². The molecule has 4 nitrogen and oxygen atoms in total. The van der Waals surface area contributed by atoms with Crippen molar-refractivity contribution in [3.8, 4) is 0 Å². The number of alkyl halides is 2. The van der Waals surface area contributed by atoms with Gasteiger partial charge in [0.25, 0.3) is 6.43 Å². The second kappa shape index (κ2) is 13.5. The number of aliphatic imine (C=N–C) groups is 1. The third kappa shape index (κ3) is 11.1. The molecule has 0 aromatic rings. The number of nitrogens with one attached hydrogen (secondary N) is 2. The molecule has 0 heterocycles. The van der Waals surface area contributed by atoms with Crippen molar-refractivity contribution in [1.29, 1.82) is 0 Å². The van der Waals surface area contributed by atoms with E-state index in [0.29, 0.717) is 31.8 Å². The normalized spacial score (nSPS) is 17.2. The van der Waals surface area contributed by atoms with Gasteiger partial charge < -0.3 is 15.4 Å². The maximum absolute atomic E-state index is 12.1. The van der Waals surface area contributed by atoms with E-state index in [1.54, 1.807) is 0 Å². The Kier molecular flexibility index (Phi) is 13.4. The largest absolute Gasteiger partial charge is 0.376 e. The summed E-state index contributed by atoms with van der Waals surface area (Å²) in [6, 6.07) is 0. The highest BCUT2D eigenvalue weighted by molar-refractivity contribution is 14.0. The van der Waals surface area contributed by atoms with Gasteiger partial charge in [0.2, 0.25) is 0 Å². The lowest BCUT2D eigenvalue weighted by atomic mass is 10.1. The summed E-state index contributed by atoms with van der Waals surface area (Å²) in [6.07, 6.45) is 5.34. The Morgan fingerprint density at radius 2 is 1.86 bits per heavy atom. The van der Waals surface area contributed by atoms with E-state index < -0.39 is 13.0 Å². The molecule has 0 aromatic heterocycles. The van der Waals surface area contributed by atoms with Crippen LogP contribution in [0.2, 0.25) is 0 Å². The minimum atomic E-state index is -2.41. The van der Waals surface area contributed by atoms with Gasteiger partial charge in [-0.25, -0.2) is 13.8 Å². The molecular formula is C14H28F2IN3O. The fraction of sp³-hybridized carbons (Fsp3) is 0.929. The first-order valence-electron chi connectivity index (χ1n) is 7.64. The minimum absolute atomic E-state index is 0. The summed E-state index contributed by atoms with van der Waals surface area (Å²) in [6.45, 7) is 3.26. The summed E-state index contributed by atoms with van der Waals surface area (Å²) < 4.78 is 30.1. The summed E-state index contributed by atoms with van der Waals surface area (Å²) >= 11 is 0. The van der Waals surface area contributed by atoms with Gasteiger partial charge in [0.05, 0.1) is 12.7 Å². The van der Waals surface area contributed by atoms with E-state index in [-0.39, 0.29) is 24.0 Å². The van der Waals surface area contributed by atoms with Gasteiger partial charge in [-0.05, 0) is 19.8 Å². The number of hydrogen-bond acceptors (Lipinski definition) is 2. The summed E-state index contributed by atoms with van der Waals surface area (Å²) in [7, 11) is 0. The van der Waals surface area contributed by atoms with Gasteiger partial charge in [-0.2, -0.15) is 0 Å². The number of nitrogens with zero attached hydrogens (tertiary/aromatic N) is 1. The van der Waals surface area contributed by atoms with E-state index in [1.165, 1.54) is 25.7 Å². The van der Waals surface area contributed by atoms with Crippen molar-refractivity contribution in [1.82, 2.24) is 10.6 Å². The molecule has 21 heavy (non-hydrogen) atoms. The molecule has 0 bridgehead atoms. The average Bonchev–Trinajstić information content (AvgIpc) is 2.69. The number of halogens is 3. The van der Waals surface area contributed by atoms with Gasteiger partial charge in [0.1, 0.15) is 6.54 Å². The number of rotatable bonds is 7. The first-order valence-corrected chi connectivity index (χ1v) is 7.64. The van der Waals surface area contributed by atoms with Crippen molar-refractivity contribution >= 4 is 29.9 Å². The molecule has 0 amide bonds. The predicted octanol–water partition coefficient (Wildman–Crippen LogP) is 3.16. The third-order valence-corrected chi connectivity index (χ3v) is 3.28. The van der Waals surface area contributed by atoms with Crippen LogP contribution in [0.1, 0.15) is 45.4 Å². The van der Waals surface area contributed by atoms with Crippen LogP contribution >= 0.6 is 24.0 Å². The van der Waals surface area contributed by atoms with Gasteiger partial charge in [-0.15, -0.1) is 24.0 Å². The molecule has 1 rings (SSSR count). The molecule has 1 fully saturated rings. The zero-order valence-electron chi connectivity index (χ0n) is 12.7. The molecule has 1 saturated carbocycles. The molecule has 0 spiro atoms. The van der Waals surface area contributed by atoms with E-state index in [4.69, 9.17) is 4.74 Å². The molecule has 1 aliphatic rings. The Balaban J connectivity index is 0.00000400. The molecule has 0 atom stereocenters.